The summed E-state index contributed by atoms with van der Waals surface area (Å²) in [4.78, 5) is 16.5. The van der Waals surface area contributed by atoms with Crippen molar-refractivity contribution in [2.75, 3.05) is 49.6 Å². The van der Waals surface area contributed by atoms with Gasteiger partial charge in [-0.2, -0.15) is 5.10 Å². The van der Waals surface area contributed by atoms with E-state index in [2.05, 4.69) is 20.2 Å². The monoisotopic (exact) mass is 361 g/mol. The molecule has 25 heavy (non-hydrogen) atoms. The molecule has 7 nitrogen and oxygen atoms in total. The molecule has 2 aliphatic heterocycles. The Labute approximate surface area is 151 Å². The number of nitrogens with one attached hydrogen (secondary N) is 1. The van der Waals surface area contributed by atoms with Crippen molar-refractivity contribution in [3.8, 4) is 0 Å². The van der Waals surface area contributed by atoms with Crippen LogP contribution in [0.5, 0.6) is 0 Å². The highest BCUT2D eigenvalue weighted by Crippen LogP contribution is 2.32. The molecule has 0 spiro atoms. The Morgan fingerprint density at radius 2 is 2.04 bits per heavy atom. The zero-order valence-electron chi connectivity index (χ0n) is 13.8. The molecule has 0 radical (unpaired) electrons. The van der Waals surface area contributed by atoms with Crippen LogP contribution in [0.25, 0.3) is 0 Å². The van der Waals surface area contributed by atoms with Crippen LogP contribution >= 0.6 is 11.6 Å². The van der Waals surface area contributed by atoms with Crippen molar-refractivity contribution < 1.29 is 9.53 Å². The molecule has 0 atom stereocenters. The number of morpholine rings is 1. The fraction of sp³-hybridized carbons (Fsp3) is 0.412. The summed E-state index contributed by atoms with van der Waals surface area (Å²) >= 11 is 6.10. The molecule has 4 rings (SSSR count). The lowest BCUT2D eigenvalue weighted by Crippen LogP contribution is -2.41. The highest BCUT2D eigenvalue weighted by Gasteiger charge is 2.24. The summed E-state index contributed by atoms with van der Waals surface area (Å²) in [5, 5.41) is 8.09. The van der Waals surface area contributed by atoms with Crippen LogP contribution in [0.2, 0.25) is 5.02 Å². The smallest absolute Gasteiger partial charge is 0.239 e. The molecule has 0 aliphatic carbocycles. The summed E-state index contributed by atoms with van der Waals surface area (Å²) < 4.78 is 7.21. The maximum Gasteiger partial charge on any atom is 0.239 e. The van der Waals surface area contributed by atoms with E-state index in [4.69, 9.17) is 16.3 Å². The second-order valence-corrected chi connectivity index (χ2v) is 6.62. The van der Waals surface area contributed by atoms with Crippen LogP contribution in [0.4, 0.5) is 17.3 Å². The van der Waals surface area contributed by atoms with E-state index in [1.165, 1.54) is 0 Å². The second kappa shape index (κ2) is 7.03. The molecule has 2 aromatic rings. The molecule has 0 bridgehead atoms. The minimum atomic E-state index is -0.0482. The molecule has 1 N–H and O–H groups in total. The average molecular weight is 362 g/mol. The fourth-order valence-corrected chi connectivity index (χ4v) is 3.39. The summed E-state index contributed by atoms with van der Waals surface area (Å²) in [6, 6.07) is 9.65. The Kier molecular flexibility index (Phi) is 4.61. The predicted molar refractivity (Wildman–Crippen MR) is 96.6 cm³/mol. The number of hydrogen-bond acceptors (Lipinski definition) is 5. The highest BCUT2D eigenvalue weighted by atomic mass is 35.5. The van der Waals surface area contributed by atoms with Crippen molar-refractivity contribution >= 4 is 34.8 Å². The normalized spacial score (nSPS) is 17.6. The maximum atomic E-state index is 12.2. The van der Waals surface area contributed by atoms with Gasteiger partial charge in [-0.3, -0.25) is 9.69 Å². The predicted octanol–water partition coefficient (Wildman–Crippen LogP) is 1.96. The first-order valence-corrected chi connectivity index (χ1v) is 8.78. The summed E-state index contributed by atoms with van der Waals surface area (Å²) in [6.07, 6.45) is 0. The topological polar surface area (TPSA) is 62.6 Å². The SMILES string of the molecule is O=C(CN1CCOCC1)Nc1cc2n(n1)CCN2c1cccc(Cl)c1. The van der Waals surface area contributed by atoms with E-state index < -0.39 is 0 Å². The third-order valence-electron chi connectivity index (χ3n) is 4.43. The summed E-state index contributed by atoms with van der Waals surface area (Å²) in [6.45, 7) is 4.92. The van der Waals surface area contributed by atoms with Gasteiger partial charge < -0.3 is 15.0 Å². The van der Waals surface area contributed by atoms with Crippen molar-refractivity contribution in [3.63, 3.8) is 0 Å². The minimum Gasteiger partial charge on any atom is -0.379 e. The van der Waals surface area contributed by atoms with E-state index in [0.717, 1.165) is 37.7 Å². The minimum absolute atomic E-state index is 0.0482. The molecule has 3 heterocycles. The number of amides is 1. The first-order chi connectivity index (χ1) is 12.2. The molecular weight excluding hydrogens is 342 g/mol. The Morgan fingerprint density at radius 1 is 1.20 bits per heavy atom. The van der Waals surface area contributed by atoms with Crippen LogP contribution in [0.15, 0.2) is 30.3 Å². The number of nitrogens with zero attached hydrogens (tertiary/aromatic N) is 4. The van der Waals surface area contributed by atoms with Crippen molar-refractivity contribution in [1.29, 1.82) is 0 Å². The van der Waals surface area contributed by atoms with Gasteiger partial charge in [0.25, 0.3) is 0 Å². The van der Waals surface area contributed by atoms with Crippen molar-refractivity contribution in [2.24, 2.45) is 0 Å². The van der Waals surface area contributed by atoms with E-state index in [0.29, 0.717) is 30.6 Å². The van der Waals surface area contributed by atoms with Crippen LogP contribution in [0.1, 0.15) is 0 Å². The van der Waals surface area contributed by atoms with Crippen LogP contribution in [-0.2, 0) is 16.1 Å². The van der Waals surface area contributed by atoms with Crippen LogP contribution in [0.3, 0.4) is 0 Å². The van der Waals surface area contributed by atoms with Gasteiger partial charge in [-0.15, -0.1) is 0 Å². The van der Waals surface area contributed by atoms with Gasteiger partial charge in [0.05, 0.1) is 26.3 Å². The van der Waals surface area contributed by atoms with Gasteiger partial charge in [0.15, 0.2) is 5.82 Å². The Morgan fingerprint density at radius 3 is 2.84 bits per heavy atom. The summed E-state index contributed by atoms with van der Waals surface area (Å²) in [7, 11) is 0. The Bertz CT molecular complexity index is 772. The lowest BCUT2D eigenvalue weighted by atomic mass is 10.3. The van der Waals surface area contributed by atoms with Crippen LogP contribution in [-0.4, -0.2) is 60.0 Å². The second-order valence-electron chi connectivity index (χ2n) is 6.18. The number of fused-ring (bicyclic) bond motifs is 1. The zero-order chi connectivity index (χ0) is 17.2. The molecular formula is C17H20ClN5O2. The zero-order valence-corrected chi connectivity index (χ0v) is 14.6. The number of hydrogen-bond donors (Lipinski definition) is 1. The summed E-state index contributed by atoms with van der Waals surface area (Å²) in [5.41, 5.74) is 1.03. The lowest BCUT2D eigenvalue weighted by molar-refractivity contribution is -0.118. The van der Waals surface area contributed by atoms with Gasteiger partial charge in [-0.05, 0) is 18.2 Å². The Hall–Kier alpha value is -2.09. The van der Waals surface area contributed by atoms with Crippen molar-refractivity contribution in [3.05, 3.63) is 35.4 Å². The van der Waals surface area contributed by atoms with E-state index >= 15 is 0 Å². The highest BCUT2D eigenvalue weighted by molar-refractivity contribution is 6.30. The number of benzene rings is 1. The number of aromatic nitrogens is 2. The van der Waals surface area contributed by atoms with Crippen LogP contribution in [0, 0.1) is 0 Å². The van der Waals surface area contributed by atoms with E-state index in [9.17, 15) is 4.79 Å². The van der Waals surface area contributed by atoms with Crippen LogP contribution < -0.4 is 10.2 Å². The lowest BCUT2D eigenvalue weighted by Gasteiger charge is -2.25. The number of rotatable bonds is 4. The standard InChI is InChI=1S/C17H20ClN5O2/c18-13-2-1-3-14(10-13)22-4-5-23-17(22)11-15(20-23)19-16(24)12-21-6-8-25-9-7-21/h1-3,10-11H,4-9,12H2,(H,19,20,24). The molecule has 0 unspecified atom stereocenters. The first-order valence-electron chi connectivity index (χ1n) is 8.40. The molecule has 132 valence electrons. The Balaban J connectivity index is 1.43. The third-order valence-corrected chi connectivity index (χ3v) is 4.66. The van der Waals surface area contributed by atoms with Crippen molar-refractivity contribution in [2.45, 2.75) is 6.54 Å². The van der Waals surface area contributed by atoms with Gasteiger partial charge >= 0.3 is 0 Å². The molecule has 1 saturated heterocycles. The number of carbonyl (C=O) groups excluding carboxylic acids is 1. The van der Waals surface area contributed by atoms with Gasteiger partial charge in [0.1, 0.15) is 5.82 Å². The van der Waals surface area contributed by atoms with Gasteiger partial charge in [0.2, 0.25) is 5.91 Å². The van der Waals surface area contributed by atoms with E-state index in [-0.39, 0.29) is 5.91 Å². The number of anilines is 3. The molecule has 1 fully saturated rings. The number of ether oxygens (including phenoxy) is 1. The maximum absolute atomic E-state index is 12.2. The third kappa shape index (κ3) is 3.63. The van der Waals surface area contributed by atoms with E-state index in [1.807, 2.05) is 35.0 Å². The van der Waals surface area contributed by atoms with Crippen molar-refractivity contribution in [1.82, 2.24) is 14.7 Å². The molecule has 1 amide bonds. The first kappa shape index (κ1) is 16.4. The molecule has 1 aromatic heterocycles. The van der Waals surface area contributed by atoms with Gasteiger partial charge in [-0.1, -0.05) is 17.7 Å². The average Bonchev–Trinajstić information content (AvgIpc) is 3.15. The molecule has 8 heteroatoms. The number of carbonyl (C=O) groups is 1. The quantitative estimate of drug-likeness (QED) is 0.902. The summed E-state index contributed by atoms with van der Waals surface area (Å²) in [5.74, 6) is 1.50. The molecule has 2 aliphatic rings. The molecule has 0 saturated carbocycles. The molecule has 1 aromatic carbocycles. The fourth-order valence-electron chi connectivity index (χ4n) is 3.21. The largest absolute Gasteiger partial charge is 0.379 e. The number of halogens is 1. The van der Waals surface area contributed by atoms with Gasteiger partial charge in [0, 0.05) is 36.4 Å². The van der Waals surface area contributed by atoms with E-state index in [1.54, 1.807) is 0 Å². The van der Waals surface area contributed by atoms with Gasteiger partial charge in [-0.25, -0.2) is 4.68 Å².